The summed E-state index contributed by atoms with van der Waals surface area (Å²) in [7, 11) is 0. The number of hydrogen-bond donors (Lipinski definition) is 2. The number of carbonyl (C=O) groups is 2. The van der Waals surface area contributed by atoms with Crippen LogP contribution in [0.25, 0.3) is 0 Å². The fourth-order valence-electron chi connectivity index (χ4n) is 0.829. The molecule has 0 bridgehead atoms. The highest BCUT2D eigenvalue weighted by molar-refractivity contribution is 5.94. The fraction of sp³-hybridized carbons (Fsp3) is 0.222. The first-order valence-corrected chi connectivity index (χ1v) is 4.06. The second-order valence-electron chi connectivity index (χ2n) is 2.75. The van der Waals surface area contributed by atoms with E-state index in [2.05, 4.69) is 10.3 Å². The van der Waals surface area contributed by atoms with Crippen LogP contribution in [0, 0.1) is 0 Å². The number of hydrogen-bond acceptors (Lipinski definition) is 3. The average molecular weight is 194 g/mol. The molecular formula is C9H10N2O3. The summed E-state index contributed by atoms with van der Waals surface area (Å²) in [4.78, 5) is 25.5. The molecule has 0 fully saturated rings. The summed E-state index contributed by atoms with van der Waals surface area (Å²) < 4.78 is 0. The molecule has 0 aliphatic heterocycles. The molecule has 0 aliphatic rings. The number of carbonyl (C=O) groups excluding carboxylic acids is 1. The van der Waals surface area contributed by atoms with Crippen molar-refractivity contribution >= 4 is 11.9 Å². The minimum atomic E-state index is -1.07. The van der Waals surface area contributed by atoms with E-state index in [1.807, 2.05) is 0 Å². The lowest BCUT2D eigenvalue weighted by Gasteiger charge is -2.07. The molecule has 0 spiro atoms. The summed E-state index contributed by atoms with van der Waals surface area (Å²) in [6.07, 6.45) is 1.47. The molecule has 1 amide bonds. The maximum Gasteiger partial charge on any atom is 0.325 e. The van der Waals surface area contributed by atoms with Gasteiger partial charge in [-0.2, -0.15) is 0 Å². The zero-order valence-corrected chi connectivity index (χ0v) is 7.60. The second kappa shape index (κ2) is 4.36. The van der Waals surface area contributed by atoms with Crippen molar-refractivity contribution in [2.75, 3.05) is 0 Å². The molecule has 14 heavy (non-hydrogen) atoms. The number of aliphatic carboxylic acids is 1. The number of nitrogens with zero attached hydrogens (tertiary/aromatic N) is 1. The Hall–Kier alpha value is -1.91. The predicted molar refractivity (Wildman–Crippen MR) is 48.8 cm³/mol. The molecule has 74 valence electrons. The van der Waals surface area contributed by atoms with Gasteiger partial charge in [0.2, 0.25) is 0 Å². The van der Waals surface area contributed by atoms with Crippen molar-refractivity contribution in [2.24, 2.45) is 0 Å². The van der Waals surface area contributed by atoms with Crippen LogP contribution in [0.2, 0.25) is 0 Å². The zero-order valence-electron chi connectivity index (χ0n) is 7.60. The van der Waals surface area contributed by atoms with E-state index in [-0.39, 0.29) is 5.69 Å². The van der Waals surface area contributed by atoms with Crippen LogP contribution in [-0.2, 0) is 4.79 Å². The third kappa shape index (κ3) is 2.55. The van der Waals surface area contributed by atoms with Crippen LogP contribution < -0.4 is 5.32 Å². The van der Waals surface area contributed by atoms with Gasteiger partial charge >= 0.3 is 5.97 Å². The lowest BCUT2D eigenvalue weighted by molar-refractivity contribution is -0.138. The summed E-state index contributed by atoms with van der Waals surface area (Å²) in [6, 6.07) is 3.94. The third-order valence-electron chi connectivity index (χ3n) is 1.62. The Morgan fingerprint density at radius 1 is 1.50 bits per heavy atom. The highest BCUT2D eigenvalue weighted by atomic mass is 16.4. The molecule has 2 N–H and O–H groups in total. The van der Waals surface area contributed by atoms with E-state index in [0.717, 1.165) is 0 Å². The summed E-state index contributed by atoms with van der Waals surface area (Å²) in [6.45, 7) is 1.39. The van der Waals surface area contributed by atoms with Crippen LogP contribution in [0.3, 0.4) is 0 Å². The number of amides is 1. The van der Waals surface area contributed by atoms with Gasteiger partial charge in [0.15, 0.2) is 0 Å². The molecule has 5 nitrogen and oxygen atoms in total. The molecule has 1 atom stereocenters. The zero-order chi connectivity index (χ0) is 10.6. The van der Waals surface area contributed by atoms with Crippen LogP contribution in [0.4, 0.5) is 0 Å². The minimum Gasteiger partial charge on any atom is -0.480 e. The molecule has 0 saturated heterocycles. The van der Waals surface area contributed by atoms with E-state index in [1.54, 1.807) is 12.1 Å². The number of nitrogens with one attached hydrogen (secondary N) is 1. The largest absolute Gasteiger partial charge is 0.480 e. The maximum absolute atomic E-state index is 11.3. The van der Waals surface area contributed by atoms with Gasteiger partial charge < -0.3 is 10.4 Å². The number of rotatable bonds is 3. The normalized spacial score (nSPS) is 11.8. The molecule has 1 heterocycles. The molecule has 1 aromatic heterocycles. The van der Waals surface area contributed by atoms with E-state index in [9.17, 15) is 9.59 Å². The third-order valence-corrected chi connectivity index (χ3v) is 1.62. The number of aromatic nitrogens is 1. The van der Waals surface area contributed by atoms with Crippen LogP contribution in [0.1, 0.15) is 17.4 Å². The van der Waals surface area contributed by atoms with Gasteiger partial charge in [-0.15, -0.1) is 0 Å². The van der Waals surface area contributed by atoms with Gasteiger partial charge in [0.1, 0.15) is 11.7 Å². The van der Waals surface area contributed by atoms with E-state index < -0.39 is 17.9 Å². The number of pyridine rings is 1. The van der Waals surface area contributed by atoms with Gasteiger partial charge in [-0.25, -0.2) is 0 Å². The standard InChI is InChI=1S/C9H10N2O3/c1-6(9(13)14)11-8(12)7-4-2-3-5-10-7/h2-6H,1H3,(H,11,12)(H,13,14). The monoisotopic (exact) mass is 194 g/mol. The summed E-state index contributed by atoms with van der Waals surface area (Å²) in [5, 5.41) is 10.8. The molecular weight excluding hydrogens is 184 g/mol. The molecule has 0 aromatic carbocycles. The van der Waals surface area contributed by atoms with Crippen molar-refractivity contribution in [3.05, 3.63) is 30.1 Å². The highest BCUT2D eigenvalue weighted by Gasteiger charge is 2.15. The van der Waals surface area contributed by atoms with Crippen molar-refractivity contribution < 1.29 is 14.7 Å². The quantitative estimate of drug-likeness (QED) is 0.724. The first-order chi connectivity index (χ1) is 6.61. The number of carboxylic acids is 1. The minimum absolute atomic E-state index is 0.209. The lowest BCUT2D eigenvalue weighted by Crippen LogP contribution is -2.38. The molecule has 0 saturated carbocycles. The van der Waals surface area contributed by atoms with Crippen LogP contribution in [0.5, 0.6) is 0 Å². The van der Waals surface area contributed by atoms with E-state index in [0.29, 0.717) is 0 Å². The highest BCUT2D eigenvalue weighted by Crippen LogP contribution is 1.94. The lowest BCUT2D eigenvalue weighted by atomic mass is 10.3. The molecule has 0 aliphatic carbocycles. The van der Waals surface area contributed by atoms with Crippen LogP contribution in [-0.4, -0.2) is 28.0 Å². The summed E-state index contributed by atoms with van der Waals surface area (Å²) in [5.74, 6) is -1.56. The Bertz CT molecular complexity index is 337. The van der Waals surface area contributed by atoms with Crippen molar-refractivity contribution in [1.29, 1.82) is 0 Å². The molecule has 1 unspecified atom stereocenters. The Morgan fingerprint density at radius 3 is 2.71 bits per heavy atom. The van der Waals surface area contributed by atoms with Gasteiger partial charge in [0.05, 0.1) is 0 Å². The fourth-order valence-corrected chi connectivity index (χ4v) is 0.829. The van der Waals surface area contributed by atoms with E-state index >= 15 is 0 Å². The molecule has 5 heteroatoms. The topological polar surface area (TPSA) is 79.3 Å². The predicted octanol–water partition coefficient (Wildman–Crippen LogP) is 0.284. The van der Waals surface area contributed by atoms with Crippen molar-refractivity contribution in [3.63, 3.8) is 0 Å². The van der Waals surface area contributed by atoms with Crippen molar-refractivity contribution in [2.45, 2.75) is 13.0 Å². The molecule has 0 radical (unpaired) electrons. The average Bonchev–Trinajstić information content (AvgIpc) is 2.19. The molecule has 1 aromatic rings. The Kier molecular flexibility index (Phi) is 3.17. The van der Waals surface area contributed by atoms with Crippen molar-refractivity contribution in [1.82, 2.24) is 10.3 Å². The van der Waals surface area contributed by atoms with E-state index in [4.69, 9.17) is 5.11 Å². The first-order valence-electron chi connectivity index (χ1n) is 4.06. The van der Waals surface area contributed by atoms with Gasteiger partial charge in [-0.05, 0) is 19.1 Å². The van der Waals surface area contributed by atoms with Gasteiger partial charge in [0.25, 0.3) is 5.91 Å². The smallest absolute Gasteiger partial charge is 0.325 e. The second-order valence-corrected chi connectivity index (χ2v) is 2.75. The van der Waals surface area contributed by atoms with Crippen molar-refractivity contribution in [3.8, 4) is 0 Å². The Balaban J connectivity index is 2.64. The maximum atomic E-state index is 11.3. The van der Waals surface area contributed by atoms with E-state index in [1.165, 1.54) is 19.2 Å². The first kappa shape index (κ1) is 10.2. The molecule has 1 rings (SSSR count). The van der Waals surface area contributed by atoms with Gasteiger partial charge in [-0.1, -0.05) is 6.07 Å². The van der Waals surface area contributed by atoms with Crippen LogP contribution in [0.15, 0.2) is 24.4 Å². The van der Waals surface area contributed by atoms with Gasteiger partial charge in [0, 0.05) is 6.20 Å². The summed E-state index contributed by atoms with van der Waals surface area (Å²) >= 11 is 0. The number of carboxylic acid groups (broad SMARTS) is 1. The Morgan fingerprint density at radius 2 is 2.21 bits per heavy atom. The Labute approximate surface area is 80.8 Å². The SMILES string of the molecule is CC(NC(=O)c1ccccn1)C(=O)O. The van der Waals surface area contributed by atoms with Gasteiger partial charge in [-0.3, -0.25) is 14.6 Å². The summed E-state index contributed by atoms with van der Waals surface area (Å²) in [5.41, 5.74) is 0.209. The van der Waals surface area contributed by atoms with Crippen LogP contribution >= 0.6 is 0 Å².